The first kappa shape index (κ1) is 14.3. The van der Waals surface area contributed by atoms with Gasteiger partial charge in [-0.1, -0.05) is 12.1 Å². The summed E-state index contributed by atoms with van der Waals surface area (Å²) in [6.45, 7) is 2.14. The molecule has 0 amide bonds. The Hall–Kier alpha value is -1.64. The SMILES string of the molecule is CN1CCCC(Oc2ccc(C3(N=C=O)CCC3)cc2)C1. The van der Waals surface area contributed by atoms with Gasteiger partial charge in [0.2, 0.25) is 6.08 Å². The van der Waals surface area contributed by atoms with Crippen molar-refractivity contribution < 1.29 is 9.53 Å². The fourth-order valence-corrected chi connectivity index (χ4v) is 3.32. The molecule has 3 rings (SSSR count). The molecule has 1 aromatic carbocycles. The fraction of sp³-hybridized carbons (Fsp3) is 0.588. The lowest BCUT2D eigenvalue weighted by molar-refractivity contribution is 0.104. The van der Waals surface area contributed by atoms with Crippen LogP contribution in [0.1, 0.15) is 37.7 Å². The highest BCUT2D eigenvalue weighted by Gasteiger charge is 2.38. The Labute approximate surface area is 125 Å². The van der Waals surface area contributed by atoms with Crippen molar-refractivity contribution in [2.75, 3.05) is 20.1 Å². The van der Waals surface area contributed by atoms with E-state index in [1.807, 2.05) is 24.3 Å². The third-order valence-corrected chi connectivity index (χ3v) is 4.72. The second-order valence-corrected chi connectivity index (χ2v) is 6.26. The largest absolute Gasteiger partial charge is 0.489 e. The molecule has 1 unspecified atom stereocenters. The molecule has 2 aliphatic rings. The minimum absolute atomic E-state index is 0.278. The molecule has 1 aromatic rings. The maximum atomic E-state index is 10.6. The van der Waals surface area contributed by atoms with Gasteiger partial charge >= 0.3 is 0 Å². The molecule has 1 saturated carbocycles. The summed E-state index contributed by atoms with van der Waals surface area (Å²) in [5, 5.41) is 0. The van der Waals surface area contributed by atoms with Crippen LogP contribution in [0.25, 0.3) is 0 Å². The molecule has 0 N–H and O–H groups in total. The van der Waals surface area contributed by atoms with Crippen LogP contribution in [0, 0.1) is 0 Å². The number of likely N-dealkylation sites (N-methyl/N-ethyl adjacent to an activating group) is 1. The summed E-state index contributed by atoms with van der Waals surface area (Å²) in [4.78, 5) is 17.0. The summed E-state index contributed by atoms with van der Waals surface area (Å²) < 4.78 is 6.06. The van der Waals surface area contributed by atoms with Crippen LogP contribution >= 0.6 is 0 Å². The molecule has 0 spiro atoms. The van der Waals surface area contributed by atoms with Crippen molar-refractivity contribution in [2.45, 2.75) is 43.7 Å². The number of nitrogens with zero attached hydrogens (tertiary/aromatic N) is 2. The number of aliphatic imine (C=N–C) groups is 1. The van der Waals surface area contributed by atoms with Crippen LogP contribution < -0.4 is 4.74 Å². The summed E-state index contributed by atoms with van der Waals surface area (Å²) in [7, 11) is 2.14. The maximum absolute atomic E-state index is 10.6. The van der Waals surface area contributed by atoms with Crippen molar-refractivity contribution >= 4 is 6.08 Å². The van der Waals surface area contributed by atoms with Crippen LogP contribution in [0.4, 0.5) is 0 Å². The van der Waals surface area contributed by atoms with E-state index in [2.05, 4.69) is 16.9 Å². The molecule has 1 saturated heterocycles. The van der Waals surface area contributed by atoms with Crippen LogP contribution in [-0.4, -0.2) is 37.2 Å². The predicted molar refractivity (Wildman–Crippen MR) is 81.2 cm³/mol. The van der Waals surface area contributed by atoms with E-state index in [0.717, 1.165) is 50.1 Å². The van der Waals surface area contributed by atoms with Gasteiger partial charge in [0, 0.05) is 6.54 Å². The van der Waals surface area contributed by atoms with E-state index < -0.39 is 0 Å². The molecule has 0 radical (unpaired) electrons. The molecule has 112 valence electrons. The number of carbonyl (C=O) groups excluding carboxylic acids is 1. The Morgan fingerprint density at radius 1 is 1.29 bits per heavy atom. The molecule has 1 atom stereocenters. The van der Waals surface area contributed by atoms with Crippen LogP contribution in [0.5, 0.6) is 5.75 Å². The molecule has 4 heteroatoms. The summed E-state index contributed by atoms with van der Waals surface area (Å²) in [5.74, 6) is 0.906. The Bertz CT molecular complexity index is 530. The molecule has 1 aliphatic carbocycles. The third kappa shape index (κ3) is 3.02. The van der Waals surface area contributed by atoms with Gasteiger partial charge in [-0.2, -0.15) is 4.99 Å². The van der Waals surface area contributed by atoms with Crippen molar-refractivity contribution in [3.63, 3.8) is 0 Å². The lowest BCUT2D eigenvalue weighted by Crippen LogP contribution is -2.38. The highest BCUT2D eigenvalue weighted by atomic mass is 16.5. The number of rotatable bonds is 4. The number of hydrogen-bond donors (Lipinski definition) is 0. The fourth-order valence-electron chi connectivity index (χ4n) is 3.32. The first-order valence-electron chi connectivity index (χ1n) is 7.77. The highest BCUT2D eigenvalue weighted by Crippen LogP contribution is 2.44. The zero-order valence-corrected chi connectivity index (χ0v) is 12.5. The molecule has 0 bridgehead atoms. The molecule has 1 heterocycles. The Morgan fingerprint density at radius 2 is 2.05 bits per heavy atom. The van der Waals surface area contributed by atoms with E-state index in [1.165, 1.54) is 6.42 Å². The van der Waals surface area contributed by atoms with E-state index in [-0.39, 0.29) is 11.6 Å². The first-order valence-corrected chi connectivity index (χ1v) is 7.77. The van der Waals surface area contributed by atoms with Gasteiger partial charge in [0.15, 0.2) is 0 Å². The Morgan fingerprint density at radius 3 is 2.62 bits per heavy atom. The molecular formula is C17H22N2O2. The molecular weight excluding hydrogens is 264 g/mol. The molecule has 1 aliphatic heterocycles. The van der Waals surface area contributed by atoms with Gasteiger partial charge in [0.05, 0.1) is 5.54 Å². The molecule has 4 nitrogen and oxygen atoms in total. The van der Waals surface area contributed by atoms with Gasteiger partial charge in [-0.05, 0) is 63.4 Å². The Kier molecular flexibility index (Phi) is 4.09. The summed E-state index contributed by atoms with van der Waals surface area (Å²) >= 11 is 0. The van der Waals surface area contributed by atoms with Gasteiger partial charge in [-0.25, -0.2) is 4.79 Å². The summed E-state index contributed by atoms with van der Waals surface area (Å²) in [5.41, 5.74) is 0.788. The second kappa shape index (κ2) is 6.00. The van der Waals surface area contributed by atoms with Gasteiger partial charge in [0.1, 0.15) is 11.9 Å². The monoisotopic (exact) mass is 286 g/mol. The zero-order chi connectivity index (χ0) is 14.7. The summed E-state index contributed by atoms with van der Waals surface area (Å²) in [6.07, 6.45) is 7.32. The lowest BCUT2D eigenvalue weighted by Gasteiger charge is -2.37. The molecule has 21 heavy (non-hydrogen) atoms. The standard InChI is InChI=1S/C17H22N2O2/c1-19-11-2-4-16(12-19)21-15-7-5-14(6-8-15)17(18-13-20)9-3-10-17/h5-8,16H,2-4,9-12H2,1H3. The quantitative estimate of drug-likeness (QED) is 0.631. The van der Waals surface area contributed by atoms with Crippen molar-refractivity contribution in [1.82, 2.24) is 4.90 Å². The normalized spacial score (nSPS) is 24.7. The zero-order valence-electron chi connectivity index (χ0n) is 12.5. The van der Waals surface area contributed by atoms with Gasteiger partial charge < -0.3 is 9.64 Å². The van der Waals surface area contributed by atoms with Crippen molar-refractivity contribution in [3.8, 4) is 5.75 Å². The van der Waals surface area contributed by atoms with Crippen LogP contribution in [-0.2, 0) is 10.3 Å². The highest BCUT2D eigenvalue weighted by molar-refractivity contribution is 5.40. The smallest absolute Gasteiger partial charge is 0.235 e. The summed E-state index contributed by atoms with van der Waals surface area (Å²) in [6, 6.07) is 8.10. The van der Waals surface area contributed by atoms with E-state index >= 15 is 0 Å². The number of benzene rings is 1. The minimum atomic E-state index is -0.314. The van der Waals surface area contributed by atoms with Crippen molar-refractivity contribution in [1.29, 1.82) is 0 Å². The first-order chi connectivity index (χ1) is 10.2. The average Bonchev–Trinajstić information content (AvgIpc) is 2.44. The van der Waals surface area contributed by atoms with Crippen LogP contribution in [0.15, 0.2) is 29.3 Å². The van der Waals surface area contributed by atoms with Crippen molar-refractivity contribution in [2.24, 2.45) is 4.99 Å². The Balaban J connectivity index is 1.68. The van der Waals surface area contributed by atoms with E-state index in [4.69, 9.17) is 4.74 Å². The topological polar surface area (TPSA) is 41.9 Å². The van der Waals surface area contributed by atoms with Crippen LogP contribution in [0.2, 0.25) is 0 Å². The lowest BCUT2D eigenvalue weighted by atomic mass is 9.72. The number of likely N-dealkylation sites (tertiary alicyclic amines) is 1. The predicted octanol–water partition coefficient (Wildman–Crippen LogP) is 2.87. The van der Waals surface area contributed by atoms with E-state index in [0.29, 0.717) is 0 Å². The minimum Gasteiger partial charge on any atom is -0.489 e. The number of piperidine rings is 1. The third-order valence-electron chi connectivity index (χ3n) is 4.72. The average molecular weight is 286 g/mol. The molecule has 2 fully saturated rings. The number of isocyanates is 1. The molecule has 0 aromatic heterocycles. The second-order valence-electron chi connectivity index (χ2n) is 6.26. The van der Waals surface area contributed by atoms with Crippen LogP contribution in [0.3, 0.4) is 0 Å². The van der Waals surface area contributed by atoms with Gasteiger partial charge in [-0.3, -0.25) is 0 Å². The van der Waals surface area contributed by atoms with E-state index in [9.17, 15) is 4.79 Å². The van der Waals surface area contributed by atoms with Gasteiger partial charge in [-0.15, -0.1) is 0 Å². The van der Waals surface area contributed by atoms with E-state index in [1.54, 1.807) is 6.08 Å². The number of hydrogen-bond acceptors (Lipinski definition) is 4. The van der Waals surface area contributed by atoms with Gasteiger partial charge in [0.25, 0.3) is 0 Å². The van der Waals surface area contributed by atoms with Crippen molar-refractivity contribution in [3.05, 3.63) is 29.8 Å². The number of ether oxygens (including phenoxy) is 1. The maximum Gasteiger partial charge on any atom is 0.235 e.